The molecule has 0 spiro atoms. The first-order chi connectivity index (χ1) is 11.0. The molecule has 1 aliphatic rings. The minimum Gasteiger partial charge on any atom is -0.340 e. The van der Waals surface area contributed by atoms with Gasteiger partial charge >= 0.3 is 0 Å². The number of likely N-dealkylation sites (tertiary alicyclic amines) is 1. The number of rotatable bonds is 3. The second kappa shape index (κ2) is 6.28. The van der Waals surface area contributed by atoms with Gasteiger partial charge in [0.15, 0.2) is 0 Å². The van der Waals surface area contributed by atoms with Crippen LogP contribution in [0.15, 0.2) is 29.2 Å². The van der Waals surface area contributed by atoms with Crippen LogP contribution < -0.4 is 5.56 Å². The maximum Gasteiger partial charge on any atom is 0.267 e. The zero-order valence-electron chi connectivity index (χ0n) is 13.3. The van der Waals surface area contributed by atoms with Crippen molar-refractivity contribution in [3.8, 4) is 0 Å². The van der Waals surface area contributed by atoms with E-state index in [9.17, 15) is 9.59 Å². The highest BCUT2D eigenvalue weighted by Crippen LogP contribution is 2.24. The zero-order valence-corrected chi connectivity index (χ0v) is 13.3. The summed E-state index contributed by atoms with van der Waals surface area (Å²) in [4.78, 5) is 34.7. The number of aryl methyl sites for hydroxylation is 2. The van der Waals surface area contributed by atoms with Gasteiger partial charge in [-0.25, -0.2) is 14.6 Å². The van der Waals surface area contributed by atoms with Gasteiger partial charge in [-0.1, -0.05) is 0 Å². The molecule has 0 radical (unpaired) electrons. The summed E-state index contributed by atoms with van der Waals surface area (Å²) in [7, 11) is 0. The summed E-state index contributed by atoms with van der Waals surface area (Å²) in [6.07, 6.45) is 2.59. The van der Waals surface area contributed by atoms with Gasteiger partial charge in [-0.3, -0.25) is 9.59 Å². The molecule has 1 fully saturated rings. The van der Waals surface area contributed by atoms with Gasteiger partial charge in [0.1, 0.15) is 12.4 Å². The summed E-state index contributed by atoms with van der Waals surface area (Å²) < 4.78 is 1.22. The predicted molar refractivity (Wildman–Crippen MR) is 83.9 cm³/mol. The fourth-order valence-corrected chi connectivity index (χ4v) is 2.75. The van der Waals surface area contributed by atoms with Crippen LogP contribution in [0.2, 0.25) is 0 Å². The number of carbonyl (C=O) groups is 1. The van der Waals surface area contributed by atoms with E-state index in [-0.39, 0.29) is 23.9 Å². The van der Waals surface area contributed by atoms with Gasteiger partial charge in [0.2, 0.25) is 5.91 Å². The molecule has 7 nitrogen and oxygen atoms in total. The molecule has 23 heavy (non-hydrogen) atoms. The molecule has 0 saturated carbocycles. The molecule has 0 unspecified atom stereocenters. The average molecular weight is 313 g/mol. The maximum absolute atomic E-state index is 12.4. The minimum atomic E-state index is -0.262. The SMILES string of the molecule is Cc1ccnc([C@@H]2CCN(C(=O)Cn3nc(C)ccc3=O)C2)n1. The van der Waals surface area contributed by atoms with E-state index in [2.05, 4.69) is 15.1 Å². The quantitative estimate of drug-likeness (QED) is 0.832. The van der Waals surface area contributed by atoms with Crippen LogP contribution in [0.3, 0.4) is 0 Å². The summed E-state index contributed by atoms with van der Waals surface area (Å²) in [5.74, 6) is 0.840. The van der Waals surface area contributed by atoms with Crippen LogP contribution in [0, 0.1) is 13.8 Å². The van der Waals surface area contributed by atoms with Crippen LogP contribution in [0.1, 0.15) is 29.6 Å². The molecule has 120 valence electrons. The standard InChI is InChI=1S/C16H19N5O2/c1-11-5-7-17-16(18-11)13-6-8-20(9-13)15(23)10-21-14(22)4-3-12(2)19-21/h3-5,7,13H,6,8-10H2,1-2H3/t13-/m1/s1. The first-order valence-electron chi connectivity index (χ1n) is 7.65. The lowest BCUT2D eigenvalue weighted by Gasteiger charge is -2.16. The lowest BCUT2D eigenvalue weighted by atomic mass is 10.1. The number of carbonyl (C=O) groups excluding carboxylic acids is 1. The highest BCUT2D eigenvalue weighted by atomic mass is 16.2. The predicted octanol–water partition coefficient (Wildman–Crippen LogP) is 0.666. The Kier molecular flexibility index (Phi) is 4.18. The normalized spacial score (nSPS) is 17.5. The van der Waals surface area contributed by atoms with E-state index in [4.69, 9.17) is 0 Å². The van der Waals surface area contributed by atoms with Crippen molar-refractivity contribution in [1.82, 2.24) is 24.6 Å². The number of hydrogen-bond donors (Lipinski definition) is 0. The van der Waals surface area contributed by atoms with Crippen LogP contribution >= 0.6 is 0 Å². The molecular weight excluding hydrogens is 294 g/mol. The Labute approximate surface area is 134 Å². The van der Waals surface area contributed by atoms with Gasteiger partial charge in [0.25, 0.3) is 5.56 Å². The average Bonchev–Trinajstić information content (AvgIpc) is 3.01. The molecule has 1 saturated heterocycles. The second-order valence-corrected chi connectivity index (χ2v) is 5.85. The molecule has 2 aromatic rings. The van der Waals surface area contributed by atoms with Gasteiger partial charge in [-0.2, -0.15) is 5.10 Å². The van der Waals surface area contributed by atoms with Crippen molar-refractivity contribution in [3.63, 3.8) is 0 Å². The van der Waals surface area contributed by atoms with Crippen LogP contribution in [0.5, 0.6) is 0 Å². The molecule has 0 bridgehead atoms. The van der Waals surface area contributed by atoms with E-state index in [1.54, 1.807) is 24.1 Å². The van der Waals surface area contributed by atoms with E-state index in [1.807, 2.05) is 13.0 Å². The van der Waals surface area contributed by atoms with Gasteiger partial charge < -0.3 is 4.90 Å². The zero-order chi connectivity index (χ0) is 16.4. The molecule has 1 atom stereocenters. The van der Waals surface area contributed by atoms with Crippen LogP contribution in [-0.4, -0.2) is 43.6 Å². The van der Waals surface area contributed by atoms with Crippen molar-refractivity contribution in [2.75, 3.05) is 13.1 Å². The van der Waals surface area contributed by atoms with Gasteiger partial charge in [-0.05, 0) is 32.4 Å². The molecule has 3 heterocycles. The van der Waals surface area contributed by atoms with Crippen LogP contribution in [0.4, 0.5) is 0 Å². The van der Waals surface area contributed by atoms with E-state index in [0.717, 1.165) is 17.9 Å². The van der Waals surface area contributed by atoms with E-state index < -0.39 is 0 Å². The molecule has 2 aromatic heterocycles. The van der Waals surface area contributed by atoms with Crippen LogP contribution in [-0.2, 0) is 11.3 Å². The molecule has 1 amide bonds. The monoisotopic (exact) mass is 313 g/mol. The second-order valence-electron chi connectivity index (χ2n) is 5.85. The van der Waals surface area contributed by atoms with Crippen molar-refractivity contribution in [1.29, 1.82) is 0 Å². The van der Waals surface area contributed by atoms with Gasteiger partial charge in [-0.15, -0.1) is 0 Å². The lowest BCUT2D eigenvalue weighted by molar-refractivity contribution is -0.131. The highest BCUT2D eigenvalue weighted by Gasteiger charge is 2.29. The van der Waals surface area contributed by atoms with Gasteiger partial charge in [0, 0.05) is 37.0 Å². The van der Waals surface area contributed by atoms with Gasteiger partial charge in [0.05, 0.1) is 5.69 Å². The number of amides is 1. The molecule has 1 aliphatic heterocycles. The summed E-state index contributed by atoms with van der Waals surface area (Å²) in [5.41, 5.74) is 1.38. The topological polar surface area (TPSA) is 81.0 Å². The van der Waals surface area contributed by atoms with Crippen molar-refractivity contribution in [2.45, 2.75) is 32.7 Å². The maximum atomic E-state index is 12.4. The Hall–Kier alpha value is -2.57. The smallest absolute Gasteiger partial charge is 0.267 e. The Morgan fingerprint density at radius 1 is 1.26 bits per heavy atom. The Balaban J connectivity index is 1.68. The fraction of sp³-hybridized carbons (Fsp3) is 0.438. The third-order valence-corrected chi connectivity index (χ3v) is 4.00. The summed E-state index contributed by atoms with van der Waals surface area (Å²) >= 11 is 0. The fourth-order valence-electron chi connectivity index (χ4n) is 2.75. The Morgan fingerprint density at radius 2 is 2.09 bits per heavy atom. The first kappa shape index (κ1) is 15.3. The number of aromatic nitrogens is 4. The van der Waals surface area contributed by atoms with Crippen LogP contribution in [0.25, 0.3) is 0 Å². The Morgan fingerprint density at radius 3 is 2.87 bits per heavy atom. The van der Waals surface area contributed by atoms with E-state index >= 15 is 0 Å². The third-order valence-electron chi connectivity index (χ3n) is 4.00. The van der Waals surface area contributed by atoms with Crippen molar-refractivity contribution >= 4 is 5.91 Å². The number of hydrogen-bond acceptors (Lipinski definition) is 5. The largest absolute Gasteiger partial charge is 0.340 e. The van der Waals surface area contributed by atoms with Crippen molar-refractivity contribution in [3.05, 3.63) is 52.0 Å². The summed E-state index contributed by atoms with van der Waals surface area (Å²) in [6, 6.07) is 4.93. The highest BCUT2D eigenvalue weighted by molar-refractivity contribution is 5.76. The molecule has 0 aliphatic carbocycles. The minimum absolute atomic E-state index is 0.0259. The van der Waals surface area contributed by atoms with E-state index in [0.29, 0.717) is 18.8 Å². The molecular formula is C16H19N5O2. The Bertz CT molecular complexity index is 786. The van der Waals surface area contributed by atoms with E-state index in [1.165, 1.54) is 10.7 Å². The lowest BCUT2D eigenvalue weighted by Crippen LogP contribution is -2.36. The summed E-state index contributed by atoms with van der Waals surface area (Å²) in [5, 5.41) is 4.10. The van der Waals surface area contributed by atoms with Crippen molar-refractivity contribution in [2.24, 2.45) is 0 Å². The molecule has 0 aromatic carbocycles. The van der Waals surface area contributed by atoms with Crippen molar-refractivity contribution < 1.29 is 4.79 Å². The third kappa shape index (κ3) is 3.44. The molecule has 7 heteroatoms. The first-order valence-corrected chi connectivity index (χ1v) is 7.65. The molecule has 3 rings (SSSR count). The number of nitrogens with zero attached hydrogens (tertiary/aromatic N) is 5. The molecule has 0 N–H and O–H groups in total. The summed E-state index contributed by atoms with van der Waals surface area (Å²) in [6.45, 7) is 4.94.